The molecule has 0 heterocycles. The molecule has 0 unspecified atom stereocenters. The van der Waals surface area contributed by atoms with Crippen LogP contribution in [0.25, 0.3) is 0 Å². The van der Waals surface area contributed by atoms with Crippen LogP contribution in [0.15, 0.2) is 30.3 Å². The van der Waals surface area contributed by atoms with E-state index in [2.05, 4.69) is 10.6 Å². The molecule has 2 rings (SSSR count). The molecule has 2 aromatic rings. The maximum absolute atomic E-state index is 13.5. The SMILES string of the molecule is O=C(CCCCCNC(=O)c1c(F)c(F)c(F)c(F)c1F)Nc1ccccc1. The lowest BCUT2D eigenvalue weighted by Crippen LogP contribution is -2.28. The third kappa shape index (κ3) is 5.28. The van der Waals surface area contributed by atoms with Gasteiger partial charge in [0.15, 0.2) is 23.3 Å². The number of nitrogens with one attached hydrogen (secondary N) is 2. The van der Waals surface area contributed by atoms with Crippen LogP contribution in [0.5, 0.6) is 0 Å². The van der Waals surface area contributed by atoms with E-state index in [1.165, 1.54) is 0 Å². The summed E-state index contributed by atoms with van der Waals surface area (Å²) in [5.41, 5.74) is -0.846. The first-order valence-corrected chi connectivity index (χ1v) is 8.47. The second-order valence-corrected chi connectivity index (χ2v) is 5.93. The van der Waals surface area contributed by atoms with E-state index in [0.29, 0.717) is 24.9 Å². The molecule has 4 nitrogen and oxygen atoms in total. The van der Waals surface area contributed by atoms with Gasteiger partial charge in [0, 0.05) is 18.7 Å². The zero-order valence-corrected chi connectivity index (χ0v) is 14.6. The van der Waals surface area contributed by atoms with Gasteiger partial charge >= 0.3 is 0 Å². The Hall–Kier alpha value is -2.97. The number of anilines is 1. The van der Waals surface area contributed by atoms with Crippen LogP contribution in [0.3, 0.4) is 0 Å². The summed E-state index contributed by atoms with van der Waals surface area (Å²) in [6.45, 7) is -0.0430. The van der Waals surface area contributed by atoms with Gasteiger partial charge in [-0.25, -0.2) is 22.0 Å². The Labute approximate surface area is 157 Å². The smallest absolute Gasteiger partial charge is 0.257 e. The molecule has 0 saturated heterocycles. The molecule has 0 aliphatic carbocycles. The highest BCUT2D eigenvalue weighted by Gasteiger charge is 2.29. The monoisotopic (exact) mass is 400 g/mol. The lowest BCUT2D eigenvalue weighted by Gasteiger charge is -2.09. The van der Waals surface area contributed by atoms with E-state index < -0.39 is 40.6 Å². The Balaban J connectivity index is 1.74. The van der Waals surface area contributed by atoms with Gasteiger partial charge in [0.25, 0.3) is 5.91 Å². The Morgan fingerprint density at radius 3 is 1.93 bits per heavy atom. The maximum Gasteiger partial charge on any atom is 0.257 e. The van der Waals surface area contributed by atoms with Gasteiger partial charge in [0.1, 0.15) is 5.56 Å². The molecular formula is C19H17F5N2O2. The van der Waals surface area contributed by atoms with Gasteiger partial charge in [0.05, 0.1) is 0 Å². The minimum atomic E-state index is -2.32. The molecule has 150 valence electrons. The first-order chi connectivity index (χ1) is 13.3. The van der Waals surface area contributed by atoms with Gasteiger partial charge in [0.2, 0.25) is 11.7 Å². The highest BCUT2D eigenvalue weighted by molar-refractivity contribution is 5.94. The maximum atomic E-state index is 13.5. The Morgan fingerprint density at radius 2 is 1.32 bits per heavy atom. The summed E-state index contributed by atoms with van der Waals surface area (Å²) < 4.78 is 66.2. The Morgan fingerprint density at radius 1 is 0.750 bits per heavy atom. The molecule has 0 spiro atoms. The number of carbonyl (C=O) groups excluding carboxylic acids is 2. The number of amides is 2. The lowest BCUT2D eigenvalue weighted by atomic mass is 10.1. The van der Waals surface area contributed by atoms with Gasteiger partial charge in [-0.2, -0.15) is 0 Å². The number of hydrogen-bond acceptors (Lipinski definition) is 2. The van der Waals surface area contributed by atoms with Crippen molar-refractivity contribution in [2.45, 2.75) is 25.7 Å². The summed E-state index contributed by atoms with van der Waals surface area (Å²) in [6, 6.07) is 8.86. The predicted octanol–water partition coefficient (Wildman–Crippen LogP) is 4.31. The second kappa shape index (κ2) is 9.82. The number of halogens is 5. The molecule has 2 N–H and O–H groups in total. The molecule has 0 fully saturated rings. The summed E-state index contributed by atoms with van der Waals surface area (Å²) in [5.74, 6) is -12.6. The van der Waals surface area contributed by atoms with Crippen molar-refractivity contribution in [1.29, 1.82) is 0 Å². The average molecular weight is 400 g/mol. The fraction of sp³-hybridized carbons (Fsp3) is 0.263. The molecule has 0 saturated carbocycles. The summed E-state index contributed by atoms with van der Waals surface area (Å²) in [5, 5.41) is 4.81. The van der Waals surface area contributed by atoms with E-state index >= 15 is 0 Å². The fourth-order valence-corrected chi connectivity index (χ4v) is 2.43. The third-order valence-electron chi connectivity index (χ3n) is 3.86. The number of para-hydroxylation sites is 1. The van der Waals surface area contributed by atoms with Crippen molar-refractivity contribution in [1.82, 2.24) is 5.32 Å². The van der Waals surface area contributed by atoms with Crippen LogP contribution in [0.1, 0.15) is 36.0 Å². The average Bonchev–Trinajstić information content (AvgIpc) is 2.68. The molecule has 2 aromatic carbocycles. The van der Waals surface area contributed by atoms with Crippen LogP contribution in [-0.4, -0.2) is 18.4 Å². The molecule has 0 aromatic heterocycles. The van der Waals surface area contributed by atoms with E-state index in [4.69, 9.17) is 0 Å². The number of hydrogen-bond donors (Lipinski definition) is 2. The summed E-state index contributed by atoms with van der Waals surface area (Å²) >= 11 is 0. The van der Waals surface area contributed by atoms with E-state index in [1.807, 2.05) is 6.07 Å². The van der Waals surface area contributed by atoms with Gasteiger partial charge in [-0.15, -0.1) is 0 Å². The highest BCUT2D eigenvalue weighted by atomic mass is 19.2. The van der Waals surface area contributed by atoms with Gasteiger partial charge in [-0.1, -0.05) is 24.6 Å². The normalized spacial score (nSPS) is 10.6. The molecule has 28 heavy (non-hydrogen) atoms. The highest BCUT2D eigenvalue weighted by Crippen LogP contribution is 2.22. The molecule has 0 atom stereocenters. The zero-order valence-electron chi connectivity index (χ0n) is 14.6. The molecule has 9 heteroatoms. The van der Waals surface area contributed by atoms with Crippen LogP contribution in [0.2, 0.25) is 0 Å². The quantitative estimate of drug-likeness (QED) is 0.300. The first-order valence-electron chi connectivity index (χ1n) is 8.47. The van der Waals surface area contributed by atoms with Crippen molar-refractivity contribution in [3.63, 3.8) is 0 Å². The summed E-state index contributed by atoms with van der Waals surface area (Å²) in [4.78, 5) is 23.5. The van der Waals surface area contributed by atoms with Crippen molar-refractivity contribution in [2.75, 3.05) is 11.9 Å². The molecule has 0 aliphatic heterocycles. The zero-order chi connectivity index (χ0) is 20.7. The minimum Gasteiger partial charge on any atom is -0.352 e. The van der Waals surface area contributed by atoms with Crippen molar-refractivity contribution in [3.05, 3.63) is 65.0 Å². The van der Waals surface area contributed by atoms with E-state index in [0.717, 1.165) is 0 Å². The van der Waals surface area contributed by atoms with Crippen molar-refractivity contribution >= 4 is 17.5 Å². The van der Waals surface area contributed by atoms with Crippen LogP contribution in [0.4, 0.5) is 27.6 Å². The number of carbonyl (C=O) groups is 2. The van der Waals surface area contributed by atoms with Crippen LogP contribution in [-0.2, 0) is 4.79 Å². The van der Waals surface area contributed by atoms with Crippen molar-refractivity contribution in [2.24, 2.45) is 0 Å². The van der Waals surface area contributed by atoms with Crippen LogP contribution >= 0.6 is 0 Å². The molecular weight excluding hydrogens is 383 g/mol. The molecule has 2 amide bonds. The van der Waals surface area contributed by atoms with Crippen LogP contribution in [0, 0.1) is 29.1 Å². The lowest BCUT2D eigenvalue weighted by molar-refractivity contribution is -0.116. The number of benzene rings is 2. The topological polar surface area (TPSA) is 58.2 Å². The molecule has 0 bridgehead atoms. The van der Waals surface area contributed by atoms with Crippen molar-refractivity contribution < 1.29 is 31.5 Å². The van der Waals surface area contributed by atoms with Crippen LogP contribution < -0.4 is 10.6 Å². The number of rotatable bonds is 8. The first kappa shape index (κ1) is 21.3. The largest absolute Gasteiger partial charge is 0.352 e. The van der Waals surface area contributed by atoms with Gasteiger partial charge < -0.3 is 10.6 Å². The van der Waals surface area contributed by atoms with E-state index in [1.54, 1.807) is 24.3 Å². The summed E-state index contributed by atoms with van der Waals surface area (Å²) in [7, 11) is 0. The van der Waals surface area contributed by atoms with E-state index in [-0.39, 0.29) is 18.9 Å². The molecule has 0 aliphatic rings. The van der Waals surface area contributed by atoms with Gasteiger partial charge in [-0.05, 0) is 25.0 Å². The Bertz CT molecular complexity index is 830. The number of unbranched alkanes of at least 4 members (excludes halogenated alkanes) is 2. The van der Waals surface area contributed by atoms with E-state index in [9.17, 15) is 31.5 Å². The minimum absolute atomic E-state index is 0.0430. The third-order valence-corrected chi connectivity index (χ3v) is 3.86. The molecule has 0 radical (unpaired) electrons. The summed E-state index contributed by atoms with van der Waals surface area (Å²) in [6.07, 6.45) is 1.61. The fourth-order valence-electron chi connectivity index (χ4n) is 2.43. The Kier molecular flexibility index (Phi) is 7.48. The van der Waals surface area contributed by atoms with Gasteiger partial charge in [-0.3, -0.25) is 9.59 Å². The van der Waals surface area contributed by atoms with Crippen molar-refractivity contribution in [3.8, 4) is 0 Å². The standard InChI is InChI=1S/C19H17F5N2O2/c20-14-13(15(21)17(23)18(24)16(14)22)19(28)25-10-6-2-5-9-12(27)26-11-7-3-1-4-8-11/h1,3-4,7-8H,2,5-6,9-10H2,(H,25,28)(H,26,27). The predicted molar refractivity (Wildman–Crippen MR) is 92.1 cm³/mol. The second-order valence-electron chi connectivity index (χ2n) is 5.93.